The van der Waals surface area contributed by atoms with Gasteiger partial charge in [0.2, 0.25) is 11.8 Å². The number of carbonyl (C=O) groups is 3. The number of nitrogens with zero attached hydrogens (tertiary/aromatic N) is 1. The van der Waals surface area contributed by atoms with Crippen LogP contribution in [0.3, 0.4) is 0 Å². The van der Waals surface area contributed by atoms with E-state index in [4.69, 9.17) is 0 Å². The first-order valence-electron chi connectivity index (χ1n) is 11.7. The summed E-state index contributed by atoms with van der Waals surface area (Å²) in [7, 11) is 0. The molecule has 6 nitrogen and oxygen atoms in total. The van der Waals surface area contributed by atoms with Gasteiger partial charge in [-0.3, -0.25) is 14.4 Å². The molecule has 3 amide bonds. The third kappa shape index (κ3) is 6.03. The van der Waals surface area contributed by atoms with Crippen molar-refractivity contribution in [3.8, 4) is 0 Å². The van der Waals surface area contributed by atoms with Crippen molar-refractivity contribution in [2.24, 2.45) is 0 Å². The summed E-state index contributed by atoms with van der Waals surface area (Å²) in [6, 6.07) is 22.0. The quantitative estimate of drug-likeness (QED) is 0.504. The predicted octanol–water partition coefficient (Wildman–Crippen LogP) is 4.70. The fraction of sp³-hybridized carbons (Fsp3) is 0.207. The zero-order chi connectivity index (χ0) is 24.8. The maximum Gasteiger partial charge on any atom is 0.251 e. The summed E-state index contributed by atoms with van der Waals surface area (Å²) in [4.78, 5) is 39.5. The van der Waals surface area contributed by atoms with Crippen LogP contribution in [-0.2, 0) is 22.7 Å². The van der Waals surface area contributed by atoms with Crippen LogP contribution in [0.15, 0.2) is 79.4 Å². The first-order valence-corrected chi connectivity index (χ1v) is 11.7. The minimum Gasteiger partial charge on any atom is -0.348 e. The normalized spacial score (nSPS) is 15.1. The van der Waals surface area contributed by atoms with E-state index in [9.17, 15) is 14.4 Å². The smallest absolute Gasteiger partial charge is 0.251 e. The van der Waals surface area contributed by atoms with Crippen LogP contribution in [0.1, 0.15) is 45.5 Å². The van der Waals surface area contributed by atoms with E-state index in [1.165, 1.54) is 5.56 Å². The second-order valence-corrected chi connectivity index (χ2v) is 8.76. The summed E-state index contributed by atoms with van der Waals surface area (Å²) in [5.41, 5.74) is 5.26. The average Bonchev–Trinajstić information content (AvgIpc) is 3.24. The van der Waals surface area contributed by atoms with Crippen LogP contribution in [0.2, 0.25) is 0 Å². The Balaban J connectivity index is 1.34. The molecule has 3 aromatic carbocycles. The SMILES string of the molecule is C=Cc1ccc(CN2C(=O)CC[C@@H]2C(=O)Nc2ccc(C(=O)NCc3ccc(C)cc3)cc2)cc1. The Morgan fingerprint density at radius 2 is 1.63 bits per heavy atom. The highest BCUT2D eigenvalue weighted by molar-refractivity contribution is 6.00. The Hall–Kier alpha value is -4.19. The van der Waals surface area contributed by atoms with Crippen LogP contribution in [0.25, 0.3) is 6.08 Å². The van der Waals surface area contributed by atoms with Crippen molar-refractivity contribution in [1.82, 2.24) is 10.2 Å². The number of anilines is 1. The number of hydrogen-bond acceptors (Lipinski definition) is 3. The molecule has 6 heteroatoms. The Bertz CT molecular complexity index is 1220. The Labute approximate surface area is 205 Å². The molecule has 1 heterocycles. The van der Waals surface area contributed by atoms with E-state index in [1.807, 2.05) is 55.5 Å². The zero-order valence-corrected chi connectivity index (χ0v) is 19.8. The summed E-state index contributed by atoms with van der Waals surface area (Å²) in [5, 5.41) is 5.79. The van der Waals surface area contributed by atoms with E-state index < -0.39 is 6.04 Å². The molecule has 0 unspecified atom stereocenters. The van der Waals surface area contributed by atoms with Gasteiger partial charge < -0.3 is 15.5 Å². The fourth-order valence-electron chi connectivity index (χ4n) is 4.08. The molecule has 4 rings (SSSR count). The maximum absolute atomic E-state index is 13.0. The second kappa shape index (κ2) is 10.8. The molecule has 3 aromatic rings. The van der Waals surface area contributed by atoms with Gasteiger partial charge in [0.05, 0.1) is 0 Å². The van der Waals surface area contributed by atoms with Gasteiger partial charge in [-0.2, -0.15) is 0 Å². The van der Waals surface area contributed by atoms with Crippen LogP contribution in [-0.4, -0.2) is 28.7 Å². The van der Waals surface area contributed by atoms with Gasteiger partial charge in [-0.25, -0.2) is 0 Å². The molecule has 0 radical (unpaired) electrons. The highest BCUT2D eigenvalue weighted by Gasteiger charge is 2.36. The summed E-state index contributed by atoms with van der Waals surface area (Å²) in [5.74, 6) is -0.438. The number of amides is 3. The molecule has 1 atom stereocenters. The molecular weight excluding hydrogens is 438 g/mol. The molecule has 1 saturated heterocycles. The molecule has 0 spiro atoms. The Kier molecular flexibility index (Phi) is 7.41. The van der Waals surface area contributed by atoms with Crippen LogP contribution < -0.4 is 10.6 Å². The molecule has 178 valence electrons. The van der Waals surface area contributed by atoms with Crippen LogP contribution in [0.5, 0.6) is 0 Å². The van der Waals surface area contributed by atoms with E-state index in [-0.39, 0.29) is 17.7 Å². The largest absolute Gasteiger partial charge is 0.348 e. The standard InChI is InChI=1S/C29H29N3O3/c1-3-21-8-10-23(11-9-21)19-32-26(16-17-27(32)33)29(35)31-25-14-12-24(13-15-25)28(34)30-18-22-6-4-20(2)5-7-22/h3-15,26H,1,16-19H2,2H3,(H,30,34)(H,31,35)/t26-/m1/s1. The van der Waals surface area contributed by atoms with Crippen LogP contribution in [0, 0.1) is 6.92 Å². The number of rotatable bonds is 8. The molecule has 0 bridgehead atoms. The highest BCUT2D eigenvalue weighted by atomic mass is 16.2. The molecule has 1 aliphatic rings. The minimum absolute atomic E-state index is 0.0291. The highest BCUT2D eigenvalue weighted by Crippen LogP contribution is 2.23. The van der Waals surface area contributed by atoms with Gasteiger partial charge in [-0.1, -0.05) is 66.7 Å². The number of benzene rings is 3. The van der Waals surface area contributed by atoms with Gasteiger partial charge in [0, 0.05) is 30.8 Å². The van der Waals surface area contributed by atoms with E-state index in [1.54, 1.807) is 35.2 Å². The number of likely N-dealkylation sites (tertiary alicyclic amines) is 1. The Morgan fingerprint density at radius 1 is 0.971 bits per heavy atom. The lowest BCUT2D eigenvalue weighted by atomic mass is 10.1. The zero-order valence-electron chi connectivity index (χ0n) is 19.8. The van der Waals surface area contributed by atoms with Crippen molar-refractivity contribution in [3.05, 3.63) is 107 Å². The minimum atomic E-state index is -0.529. The third-order valence-electron chi connectivity index (χ3n) is 6.19. The van der Waals surface area contributed by atoms with Gasteiger partial charge in [0.1, 0.15) is 6.04 Å². The van der Waals surface area contributed by atoms with E-state index in [2.05, 4.69) is 17.2 Å². The van der Waals surface area contributed by atoms with E-state index in [0.29, 0.717) is 37.2 Å². The number of nitrogens with one attached hydrogen (secondary N) is 2. The topological polar surface area (TPSA) is 78.5 Å². The number of carbonyl (C=O) groups excluding carboxylic acids is 3. The lowest BCUT2D eigenvalue weighted by Gasteiger charge is -2.24. The first kappa shape index (κ1) is 24.0. The lowest BCUT2D eigenvalue weighted by Crippen LogP contribution is -2.41. The van der Waals surface area contributed by atoms with Crippen molar-refractivity contribution >= 4 is 29.5 Å². The maximum atomic E-state index is 13.0. The third-order valence-corrected chi connectivity index (χ3v) is 6.19. The van der Waals surface area contributed by atoms with E-state index in [0.717, 1.165) is 16.7 Å². The molecule has 2 N–H and O–H groups in total. The van der Waals surface area contributed by atoms with Crippen molar-refractivity contribution in [3.63, 3.8) is 0 Å². The molecule has 1 fully saturated rings. The molecule has 35 heavy (non-hydrogen) atoms. The summed E-state index contributed by atoms with van der Waals surface area (Å²) < 4.78 is 0. The van der Waals surface area contributed by atoms with Crippen LogP contribution >= 0.6 is 0 Å². The molecule has 0 aromatic heterocycles. The van der Waals surface area contributed by atoms with Crippen molar-refractivity contribution in [2.45, 2.75) is 38.9 Å². The molecular formula is C29H29N3O3. The summed E-state index contributed by atoms with van der Waals surface area (Å²) >= 11 is 0. The molecule has 0 aliphatic carbocycles. The van der Waals surface area contributed by atoms with Gasteiger partial charge in [-0.15, -0.1) is 0 Å². The van der Waals surface area contributed by atoms with Crippen LogP contribution in [0.4, 0.5) is 5.69 Å². The van der Waals surface area contributed by atoms with Gasteiger partial charge in [0.15, 0.2) is 0 Å². The Morgan fingerprint density at radius 3 is 2.29 bits per heavy atom. The van der Waals surface area contributed by atoms with Gasteiger partial charge in [0.25, 0.3) is 5.91 Å². The van der Waals surface area contributed by atoms with Crippen molar-refractivity contribution < 1.29 is 14.4 Å². The predicted molar refractivity (Wildman–Crippen MR) is 138 cm³/mol. The number of aryl methyl sites for hydroxylation is 1. The summed E-state index contributed by atoms with van der Waals surface area (Å²) in [6.45, 7) is 6.60. The van der Waals surface area contributed by atoms with Gasteiger partial charge >= 0.3 is 0 Å². The molecule has 0 saturated carbocycles. The van der Waals surface area contributed by atoms with Crippen molar-refractivity contribution in [1.29, 1.82) is 0 Å². The lowest BCUT2D eigenvalue weighted by molar-refractivity contribution is -0.133. The van der Waals surface area contributed by atoms with Crippen molar-refractivity contribution in [2.75, 3.05) is 5.32 Å². The first-order chi connectivity index (χ1) is 16.9. The fourth-order valence-corrected chi connectivity index (χ4v) is 4.08. The van der Waals surface area contributed by atoms with Gasteiger partial charge in [-0.05, 0) is 54.3 Å². The van der Waals surface area contributed by atoms with E-state index >= 15 is 0 Å². The summed E-state index contributed by atoms with van der Waals surface area (Å²) in [6.07, 6.45) is 2.60. The average molecular weight is 468 g/mol. The number of hydrogen-bond donors (Lipinski definition) is 2. The monoisotopic (exact) mass is 467 g/mol. The molecule has 1 aliphatic heterocycles. The second-order valence-electron chi connectivity index (χ2n) is 8.76.